The molecule has 0 aromatic heterocycles. The molecule has 0 bridgehead atoms. The number of alkyl halides is 10. The first kappa shape index (κ1) is 48.5. The summed E-state index contributed by atoms with van der Waals surface area (Å²) in [5.74, 6) is -9.47. The Bertz CT molecular complexity index is 2640. The van der Waals surface area contributed by atoms with Crippen molar-refractivity contribution in [3.8, 4) is 0 Å². The van der Waals surface area contributed by atoms with E-state index in [9.17, 15) is 26.3 Å². The molecule has 0 spiro atoms. The van der Waals surface area contributed by atoms with Gasteiger partial charge in [-0.1, -0.05) is 146 Å². The SMILES string of the molecule is Cc1cc([Si](O[Si](c2ccccc2)(c2ccc(C(F)(F)F)cc2)c2ccc(C(F)(F)F)cc2)(c2ccccc2)c2cccc(C3CCCCC3(F)F)c2C2CCCCC2(F)F)c(C)c(C)c1C. The molecule has 8 rings (SSSR count). The smallest absolute Gasteiger partial charge is 0.416 e. The number of hydrogen-bond donors (Lipinski definition) is 0. The van der Waals surface area contributed by atoms with Gasteiger partial charge >= 0.3 is 12.4 Å². The van der Waals surface area contributed by atoms with Crippen LogP contribution in [0.1, 0.15) is 108 Å². The average molecular weight is 963 g/mol. The van der Waals surface area contributed by atoms with E-state index in [1.54, 1.807) is 66.7 Å². The molecule has 0 amide bonds. The molecule has 0 heterocycles. The van der Waals surface area contributed by atoms with Crippen LogP contribution in [0.2, 0.25) is 0 Å². The van der Waals surface area contributed by atoms with Crippen molar-refractivity contribution in [2.45, 2.75) is 115 Å². The van der Waals surface area contributed by atoms with E-state index in [0.717, 1.165) is 46.5 Å². The van der Waals surface area contributed by atoms with Gasteiger partial charge in [0.1, 0.15) is 0 Å². The van der Waals surface area contributed by atoms with Crippen molar-refractivity contribution in [1.82, 2.24) is 0 Å². The minimum Gasteiger partial charge on any atom is -0.435 e. The topological polar surface area (TPSA) is 9.23 Å². The molecule has 2 aliphatic rings. The van der Waals surface area contributed by atoms with Gasteiger partial charge in [-0.2, -0.15) is 26.3 Å². The molecule has 0 N–H and O–H groups in total. The van der Waals surface area contributed by atoms with E-state index in [-0.39, 0.29) is 47.2 Å². The van der Waals surface area contributed by atoms with Gasteiger partial charge in [0.25, 0.3) is 28.5 Å². The highest BCUT2D eigenvalue weighted by atomic mass is 28.4. The minimum absolute atomic E-state index is 0.00141. The molecule has 2 aliphatic carbocycles. The molecule has 3 unspecified atom stereocenters. The van der Waals surface area contributed by atoms with Gasteiger partial charge in [0.2, 0.25) is 0 Å². The summed E-state index contributed by atoms with van der Waals surface area (Å²) in [7, 11) is -9.18. The lowest BCUT2D eigenvalue weighted by molar-refractivity contribution is -0.138. The van der Waals surface area contributed by atoms with Gasteiger partial charge < -0.3 is 4.12 Å². The number of rotatable bonds is 10. The van der Waals surface area contributed by atoms with Crippen molar-refractivity contribution in [3.63, 3.8) is 0 Å². The fourth-order valence-corrected chi connectivity index (χ4v) is 22.0. The van der Waals surface area contributed by atoms with Crippen molar-refractivity contribution in [2.24, 2.45) is 0 Å². The molecule has 67 heavy (non-hydrogen) atoms. The maximum atomic E-state index is 17.1. The molecule has 0 saturated heterocycles. The summed E-state index contributed by atoms with van der Waals surface area (Å²) in [6.45, 7) is 7.72. The number of hydrogen-bond acceptors (Lipinski definition) is 1. The highest BCUT2D eigenvalue weighted by Gasteiger charge is 2.57. The Kier molecular flexibility index (Phi) is 13.1. The van der Waals surface area contributed by atoms with E-state index in [0.29, 0.717) is 33.6 Å². The first-order valence-electron chi connectivity index (χ1n) is 22.8. The third kappa shape index (κ3) is 8.84. The summed E-state index contributed by atoms with van der Waals surface area (Å²) < 4.78 is 162. The van der Waals surface area contributed by atoms with Gasteiger partial charge in [0, 0.05) is 24.7 Å². The summed E-state index contributed by atoms with van der Waals surface area (Å²) in [5, 5.41) is 2.41. The molecular weight excluding hydrogens is 911 g/mol. The van der Waals surface area contributed by atoms with Crippen molar-refractivity contribution in [3.05, 3.63) is 178 Å². The second kappa shape index (κ2) is 18.2. The predicted molar refractivity (Wildman–Crippen MR) is 250 cm³/mol. The van der Waals surface area contributed by atoms with Crippen LogP contribution >= 0.6 is 0 Å². The number of aryl methyl sites for hydroxylation is 1. The lowest BCUT2D eigenvalue weighted by atomic mass is 9.73. The Hall–Kier alpha value is -4.99. The zero-order chi connectivity index (χ0) is 48.2. The van der Waals surface area contributed by atoms with Gasteiger partial charge in [0.15, 0.2) is 0 Å². The van der Waals surface area contributed by atoms with E-state index in [1.807, 2.05) is 45.9 Å². The highest BCUT2D eigenvalue weighted by Crippen LogP contribution is 2.51. The van der Waals surface area contributed by atoms with Crippen molar-refractivity contribution < 1.29 is 48.0 Å². The summed E-state index contributed by atoms with van der Waals surface area (Å²) in [6.07, 6.45) is -8.93. The second-order valence-electron chi connectivity index (χ2n) is 18.4. The fourth-order valence-electron chi connectivity index (χ4n) is 10.8. The summed E-state index contributed by atoms with van der Waals surface area (Å²) >= 11 is 0. The maximum Gasteiger partial charge on any atom is 0.416 e. The molecule has 6 aromatic rings. The van der Waals surface area contributed by atoms with Gasteiger partial charge in [-0.05, 0) is 118 Å². The molecule has 6 aromatic carbocycles. The van der Waals surface area contributed by atoms with E-state index in [2.05, 4.69) is 0 Å². The zero-order valence-electron chi connectivity index (χ0n) is 37.7. The van der Waals surface area contributed by atoms with E-state index in [4.69, 9.17) is 4.12 Å². The molecular formula is C54H52F10OSi2. The monoisotopic (exact) mass is 962 g/mol. The normalized spacial score (nSPS) is 19.7. The lowest BCUT2D eigenvalue weighted by Crippen LogP contribution is -2.81. The van der Waals surface area contributed by atoms with Crippen LogP contribution < -0.4 is 31.1 Å². The maximum absolute atomic E-state index is 17.1. The molecule has 2 saturated carbocycles. The van der Waals surface area contributed by atoms with E-state index in [1.165, 1.54) is 24.3 Å². The second-order valence-corrected chi connectivity index (χ2v) is 25.3. The van der Waals surface area contributed by atoms with Crippen LogP contribution in [0.4, 0.5) is 43.9 Å². The molecule has 0 radical (unpaired) electrons. The van der Waals surface area contributed by atoms with Crippen LogP contribution in [0.3, 0.4) is 0 Å². The first-order chi connectivity index (χ1) is 31.6. The van der Waals surface area contributed by atoms with Crippen LogP contribution in [0, 0.1) is 27.7 Å². The Labute approximate surface area is 387 Å². The quantitative estimate of drug-likeness (QED) is 0.0755. The molecule has 1 nitrogen and oxygen atoms in total. The van der Waals surface area contributed by atoms with E-state index >= 15 is 17.6 Å². The van der Waals surface area contributed by atoms with Crippen molar-refractivity contribution >= 4 is 47.8 Å². The van der Waals surface area contributed by atoms with Crippen molar-refractivity contribution in [2.75, 3.05) is 0 Å². The minimum atomic E-state index is -4.75. The number of halogens is 10. The summed E-state index contributed by atoms with van der Waals surface area (Å²) in [6, 6.07) is 33.4. The van der Waals surface area contributed by atoms with Gasteiger partial charge in [0.05, 0.1) is 11.1 Å². The average Bonchev–Trinajstić information content (AvgIpc) is 3.30. The molecule has 2 fully saturated rings. The Balaban J connectivity index is 1.61. The van der Waals surface area contributed by atoms with Crippen LogP contribution in [0.15, 0.2) is 133 Å². The lowest BCUT2D eigenvalue weighted by Gasteiger charge is -2.47. The number of benzene rings is 6. The first-order valence-corrected chi connectivity index (χ1v) is 26.6. The standard InChI is InChI=1S/C54H52F10OSi2/c1-35-34-49(38(4)37(3)36(35)2)67(42-18-9-6-10-19-42,48-23-15-20-45(46-21-11-13-32-51(46,55)56)50(48)47-22-12-14-33-52(47,57)58)65-66(41-16-7-5-8-17-41,43-28-24-39(25-29-43)53(59,60)61)44-30-26-40(27-31-44)54(62,63)64/h5-10,15-20,23-31,34,46-47H,11-14,21-22,32-33H2,1-4H3. The van der Waals surface area contributed by atoms with Crippen molar-refractivity contribution in [1.29, 1.82) is 0 Å². The van der Waals surface area contributed by atoms with Gasteiger partial charge in [-0.15, -0.1) is 0 Å². The van der Waals surface area contributed by atoms with Gasteiger partial charge in [-0.3, -0.25) is 0 Å². The molecule has 0 aliphatic heterocycles. The van der Waals surface area contributed by atoms with Crippen LogP contribution in [0.25, 0.3) is 0 Å². The summed E-state index contributed by atoms with van der Waals surface area (Å²) in [4.78, 5) is 0. The summed E-state index contributed by atoms with van der Waals surface area (Å²) in [5.41, 5.74) is 1.67. The highest BCUT2D eigenvalue weighted by molar-refractivity contribution is 7.18. The third-order valence-electron chi connectivity index (χ3n) is 14.5. The molecule has 3 atom stereocenters. The van der Waals surface area contributed by atoms with Crippen LogP contribution in [0.5, 0.6) is 0 Å². The largest absolute Gasteiger partial charge is 0.435 e. The Morgan fingerprint density at radius 3 is 1.37 bits per heavy atom. The van der Waals surface area contributed by atoms with Crippen LogP contribution in [-0.2, 0) is 16.5 Å². The fraction of sp³-hybridized carbons (Fsp3) is 0.333. The van der Waals surface area contributed by atoms with Gasteiger partial charge in [-0.25, -0.2) is 17.6 Å². The molecule has 352 valence electrons. The third-order valence-corrected chi connectivity index (χ3v) is 24.0. The Morgan fingerprint density at radius 1 is 0.463 bits per heavy atom. The zero-order valence-corrected chi connectivity index (χ0v) is 39.7. The molecule has 13 heteroatoms. The van der Waals surface area contributed by atoms with E-state index < -0.39 is 76.6 Å². The Morgan fingerprint density at radius 2 is 0.910 bits per heavy atom. The van der Waals surface area contributed by atoms with Crippen LogP contribution in [-0.4, -0.2) is 28.5 Å². The predicted octanol–water partition coefficient (Wildman–Crippen LogP) is 12.2.